The Morgan fingerprint density at radius 2 is 1.79 bits per heavy atom. The quantitative estimate of drug-likeness (QED) is 0.408. The number of carbonyl (C=O) groups excluding carboxylic acids is 2. The second kappa shape index (κ2) is 10.7. The van der Waals surface area contributed by atoms with E-state index >= 15 is 0 Å². The van der Waals surface area contributed by atoms with Gasteiger partial charge in [-0.05, 0) is 30.7 Å². The zero-order chi connectivity index (χ0) is 23.2. The lowest BCUT2D eigenvalue weighted by Crippen LogP contribution is -2.42. The van der Waals surface area contributed by atoms with Gasteiger partial charge in [0.25, 0.3) is 5.91 Å². The Morgan fingerprint density at radius 1 is 1.06 bits per heavy atom. The maximum absolute atomic E-state index is 12.4. The van der Waals surface area contributed by atoms with Crippen molar-refractivity contribution >= 4 is 41.1 Å². The van der Waals surface area contributed by atoms with E-state index in [1.54, 1.807) is 24.3 Å². The standard InChI is InChI=1S/C22H23ClN6O3S/c1-15-6-2-5-9-18(15)29-21(28-10-12-32-13-11-28)26-27-22(29)33-14-19(30)24-25-20(31)16-7-3-4-8-17(16)23/h2-9H,10-14H2,1H3,(H,24,30)(H,25,31). The van der Waals surface area contributed by atoms with Crippen molar-refractivity contribution in [2.24, 2.45) is 0 Å². The molecule has 1 fully saturated rings. The molecule has 2 amide bonds. The molecule has 0 saturated carbocycles. The molecule has 11 heteroatoms. The summed E-state index contributed by atoms with van der Waals surface area (Å²) in [5.74, 6) is -0.123. The average Bonchev–Trinajstić information content (AvgIpc) is 3.26. The Kier molecular flexibility index (Phi) is 7.48. The Bertz CT molecular complexity index is 1150. The largest absolute Gasteiger partial charge is 0.378 e. The Hall–Kier alpha value is -3.08. The van der Waals surface area contributed by atoms with Gasteiger partial charge in [-0.25, -0.2) is 0 Å². The topological polar surface area (TPSA) is 101 Å². The predicted molar refractivity (Wildman–Crippen MR) is 127 cm³/mol. The molecule has 4 rings (SSSR count). The fraction of sp³-hybridized carbons (Fsp3) is 0.273. The number of hydrogen-bond donors (Lipinski definition) is 2. The van der Waals surface area contributed by atoms with Crippen LogP contribution < -0.4 is 15.8 Å². The minimum atomic E-state index is -0.489. The second-order valence-electron chi connectivity index (χ2n) is 7.27. The van der Waals surface area contributed by atoms with Gasteiger partial charge in [0.2, 0.25) is 11.9 Å². The van der Waals surface area contributed by atoms with Crippen molar-refractivity contribution in [1.82, 2.24) is 25.6 Å². The van der Waals surface area contributed by atoms with Crippen molar-refractivity contribution in [3.63, 3.8) is 0 Å². The highest BCUT2D eigenvalue weighted by Gasteiger charge is 2.23. The average molecular weight is 487 g/mol. The van der Waals surface area contributed by atoms with E-state index in [9.17, 15) is 9.59 Å². The molecule has 1 aliphatic rings. The van der Waals surface area contributed by atoms with Crippen molar-refractivity contribution < 1.29 is 14.3 Å². The van der Waals surface area contributed by atoms with E-state index in [4.69, 9.17) is 16.3 Å². The van der Waals surface area contributed by atoms with Gasteiger partial charge in [0.15, 0.2) is 5.16 Å². The number of nitrogens with zero attached hydrogens (tertiary/aromatic N) is 4. The van der Waals surface area contributed by atoms with E-state index in [1.807, 2.05) is 35.8 Å². The lowest BCUT2D eigenvalue weighted by Gasteiger charge is -2.28. The highest BCUT2D eigenvalue weighted by atomic mass is 35.5. The fourth-order valence-corrected chi connectivity index (χ4v) is 4.32. The van der Waals surface area contributed by atoms with Gasteiger partial charge in [-0.1, -0.05) is 53.7 Å². The van der Waals surface area contributed by atoms with Crippen molar-refractivity contribution in [1.29, 1.82) is 0 Å². The van der Waals surface area contributed by atoms with Gasteiger partial charge in [0, 0.05) is 13.1 Å². The molecule has 1 aliphatic heterocycles. The number of aryl methyl sites for hydroxylation is 1. The van der Waals surface area contributed by atoms with Gasteiger partial charge in [0.05, 0.1) is 35.2 Å². The molecule has 1 aromatic heterocycles. The number of carbonyl (C=O) groups is 2. The number of halogens is 1. The van der Waals surface area contributed by atoms with Crippen molar-refractivity contribution in [2.75, 3.05) is 37.0 Å². The van der Waals surface area contributed by atoms with Crippen LogP contribution in [0.2, 0.25) is 5.02 Å². The zero-order valence-corrected chi connectivity index (χ0v) is 19.5. The van der Waals surface area contributed by atoms with E-state index < -0.39 is 5.91 Å². The Morgan fingerprint density at radius 3 is 2.55 bits per heavy atom. The van der Waals surface area contributed by atoms with Crippen LogP contribution >= 0.6 is 23.4 Å². The molecule has 0 spiro atoms. The number of amides is 2. The third-order valence-corrected chi connectivity index (χ3v) is 6.29. The molecule has 2 aromatic carbocycles. The van der Waals surface area contributed by atoms with E-state index in [0.717, 1.165) is 11.3 Å². The maximum atomic E-state index is 12.4. The van der Waals surface area contributed by atoms with Crippen molar-refractivity contribution in [3.05, 3.63) is 64.7 Å². The summed E-state index contributed by atoms with van der Waals surface area (Å²) in [6.45, 7) is 4.68. The summed E-state index contributed by atoms with van der Waals surface area (Å²) in [4.78, 5) is 26.8. The molecule has 0 atom stereocenters. The van der Waals surface area contributed by atoms with Crippen LogP contribution in [0.15, 0.2) is 53.7 Å². The summed E-state index contributed by atoms with van der Waals surface area (Å²) < 4.78 is 7.42. The molecule has 33 heavy (non-hydrogen) atoms. The number of anilines is 1. The highest BCUT2D eigenvalue weighted by molar-refractivity contribution is 7.99. The smallest absolute Gasteiger partial charge is 0.271 e. The SMILES string of the molecule is Cc1ccccc1-n1c(SCC(=O)NNC(=O)c2ccccc2Cl)nnc1N1CCOCC1. The van der Waals surface area contributed by atoms with Crippen molar-refractivity contribution in [2.45, 2.75) is 12.1 Å². The molecule has 0 unspecified atom stereocenters. The molecule has 172 valence electrons. The number of morpholine rings is 1. The van der Waals surface area contributed by atoms with Crippen LogP contribution in [-0.4, -0.2) is 58.6 Å². The van der Waals surface area contributed by atoms with Crippen molar-refractivity contribution in [3.8, 4) is 5.69 Å². The summed E-state index contributed by atoms with van der Waals surface area (Å²) >= 11 is 7.26. The van der Waals surface area contributed by atoms with E-state index in [-0.39, 0.29) is 17.2 Å². The maximum Gasteiger partial charge on any atom is 0.271 e. The van der Waals surface area contributed by atoms with Crippen LogP contribution in [0, 0.1) is 6.92 Å². The molecule has 1 saturated heterocycles. The zero-order valence-electron chi connectivity index (χ0n) is 18.0. The first-order valence-electron chi connectivity index (χ1n) is 10.3. The number of rotatable bonds is 6. The molecule has 0 radical (unpaired) electrons. The minimum Gasteiger partial charge on any atom is -0.378 e. The molecule has 2 heterocycles. The lowest BCUT2D eigenvalue weighted by atomic mass is 10.2. The van der Waals surface area contributed by atoms with Crippen LogP contribution in [0.5, 0.6) is 0 Å². The summed E-state index contributed by atoms with van der Waals surface area (Å²) in [6.07, 6.45) is 0. The third-order valence-electron chi connectivity index (χ3n) is 5.03. The lowest BCUT2D eigenvalue weighted by molar-refractivity contribution is -0.119. The first-order valence-corrected chi connectivity index (χ1v) is 11.7. The fourth-order valence-electron chi connectivity index (χ4n) is 3.35. The number of para-hydroxylation sites is 1. The first kappa shape index (κ1) is 23.1. The number of thioether (sulfide) groups is 1. The van der Waals surface area contributed by atoms with Crippen LogP contribution in [0.3, 0.4) is 0 Å². The van der Waals surface area contributed by atoms with Crippen LogP contribution in [0.25, 0.3) is 5.69 Å². The van der Waals surface area contributed by atoms with Gasteiger partial charge < -0.3 is 9.64 Å². The van der Waals surface area contributed by atoms with Gasteiger partial charge in [-0.3, -0.25) is 25.0 Å². The molecular formula is C22H23ClN6O3S. The number of aromatic nitrogens is 3. The van der Waals surface area contributed by atoms with Gasteiger partial charge >= 0.3 is 0 Å². The summed E-state index contributed by atoms with van der Waals surface area (Å²) in [6, 6.07) is 14.6. The van der Waals surface area contributed by atoms with Gasteiger partial charge in [0.1, 0.15) is 0 Å². The van der Waals surface area contributed by atoms with E-state index in [1.165, 1.54) is 11.8 Å². The van der Waals surface area contributed by atoms with Crippen LogP contribution in [-0.2, 0) is 9.53 Å². The first-order chi connectivity index (χ1) is 16.0. The summed E-state index contributed by atoms with van der Waals surface area (Å²) in [5.41, 5.74) is 7.09. The summed E-state index contributed by atoms with van der Waals surface area (Å²) in [7, 11) is 0. The molecule has 3 aromatic rings. The molecular weight excluding hydrogens is 464 g/mol. The normalized spacial score (nSPS) is 13.6. The number of hydrogen-bond acceptors (Lipinski definition) is 7. The third kappa shape index (κ3) is 5.47. The van der Waals surface area contributed by atoms with Gasteiger partial charge in [-0.2, -0.15) is 0 Å². The molecule has 2 N–H and O–H groups in total. The molecule has 0 bridgehead atoms. The summed E-state index contributed by atoms with van der Waals surface area (Å²) in [5, 5.41) is 9.64. The Labute approximate surface area is 200 Å². The second-order valence-corrected chi connectivity index (χ2v) is 8.62. The molecule has 0 aliphatic carbocycles. The number of benzene rings is 2. The Balaban J connectivity index is 1.46. The predicted octanol–water partition coefficient (Wildman–Crippen LogP) is 2.62. The number of ether oxygens (including phenoxy) is 1. The van der Waals surface area contributed by atoms with Crippen LogP contribution in [0.4, 0.5) is 5.95 Å². The molecule has 9 nitrogen and oxygen atoms in total. The van der Waals surface area contributed by atoms with E-state index in [2.05, 4.69) is 25.9 Å². The van der Waals surface area contributed by atoms with E-state index in [0.29, 0.717) is 42.4 Å². The minimum absolute atomic E-state index is 0.0376. The monoisotopic (exact) mass is 486 g/mol. The highest BCUT2D eigenvalue weighted by Crippen LogP contribution is 2.28. The number of nitrogens with one attached hydrogen (secondary N) is 2. The van der Waals surface area contributed by atoms with Gasteiger partial charge in [-0.15, -0.1) is 10.2 Å². The van der Waals surface area contributed by atoms with Crippen LogP contribution in [0.1, 0.15) is 15.9 Å². The number of hydrazine groups is 1.